The van der Waals surface area contributed by atoms with Crippen molar-refractivity contribution in [2.45, 2.75) is 18.2 Å². The molecule has 1 heterocycles. The lowest BCUT2D eigenvalue weighted by Crippen LogP contribution is -2.42. The van der Waals surface area contributed by atoms with Crippen LogP contribution in [0.3, 0.4) is 0 Å². The third kappa shape index (κ3) is 4.01. The molecule has 1 amide bonds. The molecule has 3 aromatic rings. The van der Waals surface area contributed by atoms with Gasteiger partial charge in [0.05, 0.1) is 17.7 Å². The summed E-state index contributed by atoms with van der Waals surface area (Å²) in [6.45, 7) is 2.09. The number of carbonyl (C=O) groups is 1. The van der Waals surface area contributed by atoms with Gasteiger partial charge in [0.1, 0.15) is 12.3 Å². The van der Waals surface area contributed by atoms with Gasteiger partial charge in [-0.2, -0.15) is 0 Å². The predicted octanol–water partition coefficient (Wildman–Crippen LogP) is 3.79. The largest absolute Gasteiger partial charge is 0.495 e. The van der Waals surface area contributed by atoms with Crippen LogP contribution in [-0.2, 0) is 21.2 Å². The molecule has 3 aromatic carbocycles. The van der Waals surface area contributed by atoms with E-state index in [0.717, 1.165) is 27.5 Å². The molecule has 160 valence electrons. The second-order valence-corrected chi connectivity index (χ2v) is 9.28. The normalized spacial score (nSPS) is 13.0. The van der Waals surface area contributed by atoms with E-state index >= 15 is 0 Å². The molecule has 0 saturated carbocycles. The third-order valence-electron chi connectivity index (χ3n) is 5.43. The SMILES string of the molecule is COc1ccccc1N(CC(=O)N1CCc2ccccc21)S(=O)(=O)c1ccc(C)cc1. The van der Waals surface area contributed by atoms with Gasteiger partial charge in [-0.1, -0.05) is 48.0 Å². The molecule has 6 nitrogen and oxygen atoms in total. The molecule has 1 aliphatic heterocycles. The summed E-state index contributed by atoms with van der Waals surface area (Å²) in [6, 6.07) is 21.1. The minimum Gasteiger partial charge on any atom is -0.495 e. The van der Waals surface area contributed by atoms with Gasteiger partial charge in [0.15, 0.2) is 0 Å². The topological polar surface area (TPSA) is 66.9 Å². The van der Waals surface area contributed by atoms with Gasteiger partial charge < -0.3 is 9.64 Å². The van der Waals surface area contributed by atoms with Gasteiger partial charge in [0.2, 0.25) is 5.91 Å². The molecule has 0 bridgehead atoms. The molecule has 4 rings (SSSR count). The molecule has 0 fully saturated rings. The average Bonchev–Trinajstić information content (AvgIpc) is 3.22. The molecule has 0 unspecified atom stereocenters. The van der Waals surface area contributed by atoms with E-state index in [4.69, 9.17) is 4.74 Å². The monoisotopic (exact) mass is 436 g/mol. The fourth-order valence-corrected chi connectivity index (χ4v) is 5.20. The standard InChI is InChI=1S/C24H24N2O4S/c1-18-11-13-20(14-12-18)31(28,29)26(22-9-5-6-10-23(22)30-2)17-24(27)25-16-15-19-7-3-4-8-21(19)25/h3-14H,15-17H2,1-2H3. The highest BCUT2D eigenvalue weighted by atomic mass is 32.2. The quantitative estimate of drug-likeness (QED) is 0.590. The number of methoxy groups -OCH3 is 1. The number of sulfonamides is 1. The van der Waals surface area contributed by atoms with Crippen LogP contribution < -0.4 is 13.9 Å². The molecule has 7 heteroatoms. The smallest absolute Gasteiger partial charge is 0.264 e. The van der Waals surface area contributed by atoms with Crippen molar-refractivity contribution in [3.05, 3.63) is 83.9 Å². The summed E-state index contributed by atoms with van der Waals surface area (Å²) < 4.78 is 33.8. The van der Waals surface area contributed by atoms with Gasteiger partial charge in [-0.15, -0.1) is 0 Å². The van der Waals surface area contributed by atoms with Crippen molar-refractivity contribution >= 4 is 27.3 Å². The summed E-state index contributed by atoms with van der Waals surface area (Å²) in [4.78, 5) is 15.1. The van der Waals surface area contributed by atoms with Crippen molar-refractivity contribution < 1.29 is 17.9 Å². The summed E-state index contributed by atoms with van der Waals surface area (Å²) >= 11 is 0. The fourth-order valence-electron chi connectivity index (χ4n) is 3.78. The first-order chi connectivity index (χ1) is 14.9. The molecular weight excluding hydrogens is 412 g/mol. The summed E-state index contributed by atoms with van der Waals surface area (Å²) in [5.74, 6) is 0.0966. The Bertz CT molecular complexity index is 1210. The molecule has 31 heavy (non-hydrogen) atoms. The Hall–Kier alpha value is -3.32. The first kappa shape index (κ1) is 20.9. The number of hydrogen-bond donors (Lipinski definition) is 0. The molecule has 0 saturated heterocycles. The number of para-hydroxylation sites is 3. The van der Waals surface area contributed by atoms with Crippen molar-refractivity contribution in [1.29, 1.82) is 0 Å². The molecule has 0 N–H and O–H groups in total. The number of rotatable bonds is 6. The zero-order chi connectivity index (χ0) is 22.0. The fraction of sp³-hybridized carbons (Fsp3) is 0.208. The lowest BCUT2D eigenvalue weighted by atomic mass is 10.2. The van der Waals surface area contributed by atoms with Crippen LogP contribution in [0.4, 0.5) is 11.4 Å². The van der Waals surface area contributed by atoms with Crippen molar-refractivity contribution in [3.63, 3.8) is 0 Å². The van der Waals surface area contributed by atoms with E-state index in [0.29, 0.717) is 18.0 Å². The van der Waals surface area contributed by atoms with Crippen LogP contribution in [0, 0.1) is 6.92 Å². The van der Waals surface area contributed by atoms with Gasteiger partial charge in [-0.25, -0.2) is 8.42 Å². The number of fused-ring (bicyclic) bond motifs is 1. The van der Waals surface area contributed by atoms with Crippen molar-refractivity contribution in [3.8, 4) is 5.75 Å². The highest BCUT2D eigenvalue weighted by molar-refractivity contribution is 7.92. The number of carbonyl (C=O) groups excluding carboxylic acids is 1. The van der Waals surface area contributed by atoms with Crippen LogP contribution in [-0.4, -0.2) is 34.5 Å². The van der Waals surface area contributed by atoms with Crippen molar-refractivity contribution in [1.82, 2.24) is 0 Å². The lowest BCUT2D eigenvalue weighted by Gasteiger charge is -2.28. The summed E-state index contributed by atoms with van der Waals surface area (Å²) in [5, 5.41) is 0. The van der Waals surface area contributed by atoms with Crippen LogP contribution in [0.15, 0.2) is 77.7 Å². The Kier molecular flexibility index (Phi) is 5.69. The molecule has 0 aliphatic carbocycles. The molecule has 0 radical (unpaired) electrons. The second-order valence-electron chi connectivity index (χ2n) is 7.42. The zero-order valence-corrected chi connectivity index (χ0v) is 18.3. The maximum Gasteiger partial charge on any atom is 0.264 e. The maximum atomic E-state index is 13.6. The minimum absolute atomic E-state index is 0.124. The van der Waals surface area contributed by atoms with Gasteiger partial charge in [-0.3, -0.25) is 9.10 Å². The molecule has 0 aromatic heterocycles. The molecular formula is C24H24N2O4S. The Morgan fingerprint density at radius 1 is 1.00 bits per heavy atom. The Morgan fingerprint density at radius 3 is 2.42 bits per heavy atom. The first-order valence-corrected chi connectivity index (χ1v) is 11.5. The zero-order valence-electron chi connectivity index (χ0n) is 17.5. The Morgan fingerprint density at radius 2 is 1.68 bits per heavy atom. The summed E-state index contributed by atoms with van der Waals surface area (Å²) in [5.41, 5.74) is 3.19. The summed E-state index contributed by atoms with van der Waals surface area (Å²) in [6.07, 6.45) is 0.751. The highest BCUT2D eigenvalue weighted by Crippen LogP contribution is 2.33. The number of hydrogen-bond acceptors (Lipinski definition) is 4. The predicted molar refractivity (Wildman–Crippen MR) is 121 cm³/mol. The Balaban J connectivity index is 1.75. The number of aryl methyl sites for hydroxylation is 1. The van der Waals surface area contributed by atoms with Crippen LogP contribution in [0.1, 0.15) is 11.1 Å². The number of nitrogens with zero attached hydrogens (tertiary/aromatic N) is 2. The van der Waals surface area contributed by atoms with Gasteiger partial charge >= 0.3 is 0 Å². The van der Waals surface area contributed by atoms with E-state index in [1.54, 1.807) is 53.4 Å². The van der Waals surface area contributed by atoms with Crippen molar-refractivity contribution in [2.24, 2.45) is 0 Å². The average molecular weight is 437 g/mol. The van der Waals surface area contributed by atoms with Crippen LogP contribution >= 0.6 is 0 Å². The lowest BCUT2D eigenvalue weighted by molar-refractivity contribution is -0.117. The molecule has 1 aliphatic rings. The van der Waals surface area contributed by atoms with E-state index in [1.807, 2.05) is 31.2 Å². The second kappa shape index (κ2) is 8.43. The van der Waals surface area contributed by atoms with E-state index < -0.39 is 10.0 Å². The van der Waals surface area contributed by atoms with Gasteiger partial charge in [0, 0.05) is 12.2 Å². The number of amides is 1. The van der Waals surface area contributed by atoms with Crippen LogP contribution in [0.25, 0.3) is 0 Å². The number of benzene rings is 3. The van der Waals surface area contributed by atoms with E-state index in [2.05, 4.69) is 0 Å². The number of anilines is 2. The van der Waals surface area contributed by atoms with Crippen LogP contribution in [0.2, 0.25) is 0 Å². The minimum atomic E-state index is -4.00. The summed E-state index contributed by atoms with van der Waals surface area (Å²) in [7, 11) is -2.52. The Labute approximate surface area is 182 Å². The van der Waals surface area contributed by atoms with Gasteiger partial charge in [-0.05, 0) is 49.2 Å². The first-order valence-electron chi connectivity index (χ1n) is 10.0. The third-order valence-corrected chi connectivity index (χ3v) is 7.20. The van der Waals surface area contributed by atoms with E-state index in [1.165, 1.54) is 7.11 Å². The number of ether oxygens (including phenoxy) is 1. The van der Waals surface area contributed by atoms with Gasteiger partial charge in [0.25, 0.3) is 10.0 Å². The molecule has 0 spiro atoms. The van der Waals surface area contributed by atoms with Crippen LogP contribution in [0.5, 0.6) is 5.75 Å². The molecule has 0 atom stereocenters. The highest BCUT2D eigenvalue weighted by Gasteiger charge is 2.32. The maximum absolute atomic E-state index is 13.6. The van der Waals surface area contributed by atoms with Crippen molar-refractivity contribution in [2.75, 3.05) is 29.4 Å². The van der Waals surface area contributed by atoms with E-state index in [9.17, 15) is 13.2 Å². The van der Waals surface area contributed by atoms with E-state index in [-0.39, 0.29) is 17.3 Å².